The lowest BCUT2D eigenvalue weighted by Crippen LogP contribution is -2.26. The van der Waals surface area contributed by atoms with Crippen LogP contribution in [0.3, 0.4) is 0 Å². The van der Waals surface area contributed by atoms with Crippen LogP contribution >= 0.6 is 11.8 Å². The Balaban J connectivity index is 1.57. The zero-order valence-corrected chi connectivity index (χ0v) is 14.5. The predicted octanol–water partition coefficient (Wildman–Crippen LogP) is 1.91. The van der Waals surface area contributed by atoms with Crippen molar-refractivity contribution >= 4 is 21.8 Å². The van der Waals surface area contributed by atoms with Crippen molar-refractivity contribution in [2.24, 2.45) is 0 Å². The third kappa shape index (κ3) is 3.88. The summed E-state index contributed by atoms with van der Waals surface area (Å²) in [6, 6.07) is 6.43. The Morgan fingerprint density at radius 2 is 2.13 bits per heavy atom. The molecule has 2 aromatic rings. The molecule has 0 fully saturated rings. The molecule has 1 aromatic heterocycles. The van der Waals surface area contributed by atoms with Gasteiger partial charge in [-0.25, -0.2) is 18.1 Å². The average molecular weight is 353 g/mol. The number of rotatable bonds is 7. The van der Waals surface area contributed by atoms with E-state index in [1.54, 1.807) is 36.0 Å². The van der Waals surface area contributed by atoms with E-state index in [-0.39, 0.29) is 4.90 Å². The number of thioether (sulfide) groups is 1. The minimum absolute atomic E-state index is 0.240. The minimum Gasteiger partial charge on any atom is -0.494 e. The molecule has 0 saturated heterocycles. The first-order valence-electron chi connectivity index (χ1n) is 7.50. The van der Waals surface area contributed by atoms with Crippen molar-refractivity contribution in [3.8, 4) is 5.75 Å². The molecule has 0 radical (unpaired) electrons. The number of sulfonamides is 1. The van der Waals surface area contributed by atoms with Crippen molar-refractivity contribution in [3.05, 3.63) is 36.2 Å². The molecule has 0 spiro atoms. The third-order valence-electron chi connectivity index (χ3n) is 3.47. The van der Waals surface area contributed by atoms with Crippen LogP contribution in [0.5, 0.6) is 5.75 Å². The lowest BCUT2D eigenvalue weighted by atomic mass is 10.3. The summed E-state index contributed by atoms with van der Waals surface area (Å²) in [5.41, 5.74) is 0.918. The number of hydrogen-bond acceptors (Lipinski definition) is 5. The number of nitrogens with zero attached hydrogens (tertiary/aromatic N) is 2. The number of hydrogen-bond donors (Lipinski definition) is 1. The first kappa shape index (κ1) is 16.4. The predicted molar refractivity (Wildman–Crippen MR) is 89.5 cm³/mol. The fourth-order valence-electron chi connectivity index (χ4n) is 2.36. The highest BCUT2D eigenvalue weighted by Gasteiger charge is 2.16. The Morgan fingerprint density at radius 3 is 2.83 bits per heavy atom. The Morgan fingerprint density at radius 1 is 1.35 bits per heavy atom. The summed E-state index contributed by atoms with van der Waals surface area (Å²) in [7, 11) is -3.50. The minimum atomic E-state index is -3.50. The summed E-state index contributed by atoms with van der Waals surface area (Å²) in [6.45, 7) is 3.75. The Bertz CT molecular complexity index is 748. The van der Waals surface area contributed by atoms with Crippen molar-refractivity contribution in [3.63, 3.8) is 0 Å². The SMILES string of the molecule is CCOc1ccc(S(=O)(=O)NCCc2cn3c(n2)SCC3)cc1. The molecular formula is C15H19N3O3S2. The van der Waals surface area contributed by atoms with Crippen LogP contribution in [0.1, 0.15) is 12.6 Å². The Hall–Kier alpha value is -1.51. The summed E-state index contributed by atoms with van der Waals surface area (Å²) in [6.07, 6.45) is 2.58. The molecular weight excluding hydrogens is 334 g/mol. The van der Waals surface area contributed by atoms with Crippen LogP contribution in [0.25, 0.3) is 0 Å². The van der Waals surface area contributed by atoms with Gasteiger partial charge in [-0.2, -0.15) is 0 Å². The van der Waals surface area contributed by atoms with E-state index in [0.717, 1.165) is 23.1 Å². The molecule has 1 N–H and O–H groups in total. The first-order chi connectivity index (χ1) is 11.1. The molecule has 1 aliphatic heterocycles. The monoisotopic (exact) mass is 353 g/mol. The van der Waals surface area contributed by atoms with Crippen LogP contribution in [0, 0.1) is 0 Å². The van der Waals surface area contributed by atoms with Crippen LogP contribution in [0.15, 0.2) is 40.5 Å². The van der Waals surface area contributed by atoms with Gasteiger partial charge in [-0.3, -0.25) is 0 Å². The Labute approximate surface area is 140 Å². The molecule has 124 valence electrons. The highest BCUT2D eigenvalue weighted by molar-refractivity contribution is 7.99. The zero-order chi connectivity index (χ0) is 16.3. The largest absolute Gasteiger partial charge is 0.494 e. The summed E-state index contributed by atoms with van der Waals surface area (Å²) in [4.78, 5) is 4.73. The number of aryl methyl sites for hydroxylation is 1. The van der Waals surface area contributed by atoms with Gasteiger partial charge in [0.2, 0.25) is 10.0 Å². The molecule has 0 aliphatic carbocycles. The van der Waals surface area contributed by atoms with Crippen LogP contribution in [0.4, 0.5) is 0 Å². The summed E-state index contributed by atoms with van der Waals surface area (Å²) in [5, 5.41) is 1.02. The number of benzene rings is 1. The van der Waals surface area contributed by atoms with E-state index in [0.29, 0.717) is 25.3 Å². The van der Waals surface area contributed by atoms with E-state index in [9.17, 15) is 8.42 Å². The van der Waals surface area contributed by atoms with Gasteiger partial charge in [-0.1, -0.05) is 11.8 Å². The molecule has 1 aromatic carbocycles. The molecule has 0 saturated carbocycles. The van der Waals surface area contributed by atoms with E-state index in [4.69, 9.17) is 4.74 Å². The molecule has 0 atom stereocenters. The number of nitrogens with one attached hydrogen (secondary N) is 1. The van der Waals surface area contributed by atoms with Gasteiger partial charge in [0.1, 0.15) is 5.75 Å². The second kappa shape index (κ2) is 6.94. The summed E-state index contributed by atoms with van der Waals surface area (Å²) < 4.78 is 34.5. The van der Waals surface area contributed by atoms with Gasteiger partial charge in [-0.05, 0) is 31.2 Å². The molecule has 3 rings (SSSR count). The van der Waals surface area contributed by atoms with E-state index >= 15 is 0 Å². The topological polar surface area (TPSA) is 73.2 Å². The maximum atomic E-state index is 12.2. The highest BCUT2D eigenvalue weighted by atomic mass is 32.2. The van der Waals surface area contributed by atoms with Gasteiger partial charge < -0.3 is 9.30 Å². The van der Waals surface area contributed by atoms with E-state index in [2.05, 4.69) is 14.3 Å². The van der Waals surface area contributed by atoms with Crippen molar-refractivity contribution in [2.45, 2.75) is 29.9 Å². The smallest absolute Gasteiger partial charge is 0.240 e. The van der Waals surface area contributed by atoms with Gasteiger partial charge in [-0.15, -0.1) is 0 Å². The second-order valence-corrected chi connectivity index (χ2v) is 7.94. The molecule has 0 bridgehead atoms. The maximum absolute atomic E-state index is 12.2. The second-order valence-electron chi connectivity index (χ2n) is 5.11. The van der Waals surface area contributed by atoms with E-state index < -0.39 is 10.0 Å². The summed E-state index contributed by atoms with van der Waals surface area (Å²) in [5.74, 6) is 1.73. The van der Waals surface area contributed by atoms with E-state index in [1.165, 1.54) is 0 Å². The van der Waals surface area contributed by atoms with Gasteiger partial charge in [0.05, 0.1) is 17.2 Å². The fraction of sp³-hybridized carbons (Fsp3) is 0.400. The lowest BCUT2D eigenvalue weighted by Gasteiger charge is -2.07. The van der Waals surface area contributed by atoms with Crippen molar-refractivity contribution < 1.29 is 13.2 Å². The molecule has 2 heterocycles. The number of fused-ring (bicyclic) bond motifs is 1. The molecule has 1 aliphatic rings. The van der Waals surface area contributed by atoms with Crippen LogP contribution in [0.2, 0.25) is 0 Å². The number of aromatic nitrogens is 2. The van der Waals surface area contributed by atoms with Crippen molar-refractivity contribution in [1.82, 2.24) is 14.3 Å². The highest BCUT2D eigenvalue weighted by Crippen LogP contribution is 2.24. The average Bonchev–Trinajstić information content (AvgIpc) is 3.09. The van der Waals surface area contributed by atoms with Gasteiger partial charge in [0.25, 0.3) is 0 Å². The van der Waals surface area contributed by atoms with Crippen LogP contribution in [-0.4, -0.2) is 36.9 Å². The van der Waals surface area contributed by atoms with Gasteiger partial charge >= 0.3 is 0 Å². The summed E-state index contributed by atoms with van der Waals surface area (Å²) >= 11 is 1.73. The molecule has 0 unspecified atom stereocenters. The zero-order valence-electron chi connectivity index (χ0n) is 12.9. The van der Waals surface area contributed by atoms with Crippen molar-refractivity contribution in [1.29, 1.82) is 0 Å². The molecule has 6 nitrogen and oxygen atoms in total. The van der Waals surface area contributed by atoms with Crippen LogP contribution in [-0.2, 0) is 23.0 Å². The number of imidazole rings is 1. The third-order valence-corrected chi connectivity index (χ3v) is 5.92. The molecule has 0 amide bonds. The van der Waals surface area contributed by atoms with Gasteiger partial charge in [0, 0.05) is 31.5 Å². The Kier molecular flexibility index (Phi) is 4.93. The number of ether oxygens (including phenoxy) is 1. The molecule has 8 heteroatoms. The van der Waals surface area contributed by atoms with E-state index in [1.807, 2.05) is 13.1 Å². The van der Waals surface area contributed by atoms with Crippen LogP contribution < -0.4 is 9.46 Å². The standard InChI is InChI=1S/C15H19N3O3S2/c1-2-21-13-3-5-14(6-4-13)23(19,20)16-8-7-12-11-18-9-10-22-15(18)17-12/h3-6,11,16H,2,7-10H2,1H3. The lowest BCUT2D eigenvalue weighted by molar-refractivity contribution is 0.340. The fourth-order valence-corrected chi connectivity index (χ4v) is 4.35. The molecule has 23 heavy (non-hydrogen) atoms. The van der Waals surface area contributed by atoms with Crippen molar-refractivity contribution in [2.75, 3.05) is 18.9 Å². The van der Waals surface area contributed by atoms with Gasteiger partial charge in [0.15, 0.2) is 5.16 Å². The maximum Gasteiger partial charge on any atom is 0.240 e. The normalized spacial score (nSPS) is 14.0. The first-order valence-corrected chi connectivity index (χ1v) is 9.97. The quantitative estimate of drug-likeness (QED) is 0.823.